The lowest BCUT2D eigenvalue weighted by Crippen LogP contribution is -2.16. The summed E-state index contributed by atoms with van der Waals surface area (Å²) in [5, 5.41) is 11.1. The Hall–Kier alpha value is -4.85. The SMILES string of the molecule is C=C/C(=C\C(=C/C)c1ccc2[nH]nc(-c3nc4c(-c5cccc(F)c5)cncc4[nH]3)c2n1)NC(=C)C1CCCC1. The molecule has 6 rings (SSSR count). The Balaban J connectivity index is 1.36. The van der Waals surface area contributed by atoms with Gasteiger partial charge in [0, 0.05) is 23.2 Å². The zero-order valence-corrected chi connectivity index (χ0v) is 22.3. The van der Waals surface area contributed by atoms with Gasteiger partial charge in [-0.15, -0.1) is 0 Å². The van der Waals surface area contributed by atoms with Gasteiger partial charge in [-0.3, -0.25) is 10.1 Å². The van der Waals surface area contributed by atoms with Crippen LogP contribution >= 0.6 is 0 Å². The molecule has 0 unspecified atom stereocenters. The summed E-state index contributed by atoms with van der Waals surface area (Å²) in [6.45, 7) is 10.3. The number of benzene rings is 1. The zero-order chi connectivity index (χ0) is 27.6. The molecule has 1 aliphatic rings. The van der Waals surface area contributed by atoms with Gasteiger partial charge in [-0.2, -0.15) is 5.10 Å². The van der Waals surface area contributed by atoms with Gasteiger partial charge in [0.25, 0.3) is 0 Å². The maximum Gasteiger partial charge on any atom is 0.161 e. The number of halogens is 1. The lowest BCUT2D eigenvalue weighted by atomic mass is 10.0. The van der Waals surface area contributed by atoms with Crippen LogP contribution in [0.4, 0.5) is 4.39 Å². The second kappa shape index (κ2) is 10.7. The third kappa shape index (κ3) is 4.84. The third-order valence-corrected chi connectivity index (χ3v) is 7.45. The average molecular weight is 532 g/mol. The molecule has 4 aromatic heterocycles. The number of nitrogens with zero attached hydrogens (tertiary/aromatic N) is 4. The molecule has 1 aromatic carbocycles. The number of hydrogen-bond donors (Lipinski definition) is 3. The first-order valence-corrected chi connectivity index (χ1v) is 13.5. The summed E-state index contributed by atoms with van der Waals surface area (Å²) in [5.41, 5.74) is 8.58. The van der Waals surface area contributed by atoms with E-state index in [4.69, 9.17) is 9.97 Å². The molecule has 0 atom stereocenters. The van der Waals surface area contributed by atoms with Crippen molar-refractivity contribution in [3.63, 3.8) is 0 Å². The minimum atomic E-state index is -0.313. The highest BCUT2D eigenvalue weighted by molar-refractivity contribution is 5.95. The first-order valence-electron chi connectivity index (χ1n) is 13.5. The van der Waals surface area contributed by atoms with E-state index in [2.05, 4.69) is 38.6 Å². The first kappa shape index (κ1) is 25.4. The van der Waals surface area contributed by atoms with Gasteiger partial charge < -0.3 is 10.3 Å². The van der Waals surface area contributed by atoms with Gasteiger partial charge >= 0.3 is 0 Å². The Morgan fingerprint density at radius 3 is 2.70 bits per heavy atom. The number of hydrogen-bond acceptors (Lipinski definition) is 5. The molecule has 4 heterocycles. The van der Waals surface area contributed by atoms with Crippen LogP contribution < -0.4 is 5.32 Å². The molecule has 0 aliphatic heterocycles. The Morgan fingerprint density at radius 2 is 1.93 bits per heavy atom. The van der Waals surface area contributed by atoms with Crippen LogP contribution in [-0.4, -0.2) is 30.1 Å². The molecule has 7 nitrogen and oxygen atoms in total. The minimum Gasteiger partial charge on any atom is -0.359 e. The van der Waals surface area contributed by atoms with Gasteiger partial charge in [0.15, 0.2) is 11.5 Å². The average Bonchev–Trinajstić information content (AvgIpc) is 3.74. The Labute approximate surface area is 231 Å². The Kier molecular flexibility index (Phi) is 6.82. The van der Waals surface area contributed by atoms with Crippen LogP contribution in [0.2, 0.25) is 0 Å². The number of rotatable bonds is 8. The van der Waals surface area contributed by atoms with E-state index in [0.29, 0.717) is 34.0 Å². The van der Waals surface area contributed by atoms with Crippen molar-refractivity contribution in [1.29, 1.82) is 0 Å². The molecule has 0 saturated heterocycles. The highest BCUT2D eigenvalue weighted by atomic mass is 19.1. The number of fused-ring (bicyclic) bond motifs is 2. The van der Waals surface area contributed by atoms with Crippen LogP contribution in [0.15, 0.2) is 91.6 Å². The smallest absolute Gasteiger partial charge is 0.161 e. The van der Waals surface area contributed by atoms with E-state index in [1.165, 1.54) is 37.8 Å². The van der Waals surface area contributed by atoms with Gasteiger partial charge in [-0.25, -0.2) is 14.4 Å². The summed E-state index contributed by atoms with van der Waals surface area (Å²) >= 11 is 0. The fourth-order valence-corrected chi connectivity index (χ4v) is 5.32. The van der Waals surface area contributed by atoms with Crippen LogP contribution in [0, 0.1) is 11.7 Å². The van der Waals surface area contributed by atoms with Crippen molar-refractivity contribution in [3.8, 4) is 22.6 Å². The maximum atomic E-state index is 13.9. The van der Waals surface area contributed by atoms with E-state index in [1.54, 1.807) is 18.5 Å². The van der Waals surface area contributed by atoms with Crippen LogP contribution in [0.25, 0.3) is 50.3 Å². The van der Waals surface area contributed by atoms with Gasteiger partial charge in [0.2, 0.25) is 0 Å². The van der Waals surface area contributed by atoms with Gasteiger partial charge in [0.1, 0.15) is 11.3 Å². The first-order chi connectivity index (χ1) is 19.5. The number of nitrogens with one attached hydrogen (secondary N) is 3. The lowest BCUT2D eigenvalue weighted by molar-refractivity contribution is 0.607. The van der Waals surface area contributed by atoms with Crippen molar-refractivity contribution in [2.75, 3.05) is 0 Å². The second-order valence-electron chi connectivity index (χ2n) is 10.0. The number of imidazole rings is 1. The fraction of sp³-hybridized carbons (Fsp3) is 0.188. The number of pyridine rings is 2. The van der Waals surface area contributed by atoms with Gasteiger partial charge in [-0.05, 0) is 73.2 Å². The van der Waals surface area contributed by atoms with E-state index in [1.807, 2.05) is 43.4 Å². The zero-order valence-electron chi connectivity index (χ0n) is 22.3. The molecule has 1 fully saturated rings. The lowest BCUT2D eigenvalue weighted by Gasteiger charge is -2.16. The summed E-state index contributed by atoms with van der Waals surface area (Å²) in [7, 11) is 0. The molecule has 0 radical (unpaired) electrons. The van der Waals surface area contributed by atoms with Gasteiger partial charge in [-0.1, -0.05) is 44.2 Å². The van der Waals surface area contributed by atoms with E-state index in [0.717, 1.165) is 39.3 Å². The van der Waals surface area contributed by atoms with E-state index >= 15 is 0 Å². The molecule has 0 bridgehead atoms. The normalized spacial score (nSPS) is 14.8. The highest BCUT2D eigenvalue weighted by Gasteiger charge is 2.19. The summed E-state index contributed by atoms with van der Waals surface area (Å²) in [6.07, 6.45) is 14.1. The van der Waals surface area contributed by atoms with Crippen molar-refractivity contribution < 1.29 is 4.39 Å². The predicted molar refractivity (Wildman–Crippen MR) is 158 cm³/mol. The standard InChI is InChI=1S/C32H30FN7/c1-4-20(16-24(5-2)35-19(3)21-9-6-7-10-21)26-13-14-27-30(36-26)31(40-39-27)32-37-28-18-34-17-25(29(28)38-32)22-11-8-12-23(33)15-22/h4-5,8,11-18,21,35H,2-3,6-7,9-10H2,1H3,(H,37,38)(H,39,40)/b20-4+,24-16+. The molecule has 3 N–H and O–H groups in total. The van der Waals surface area contributed by atoms with Crippen LogP contribution in [0.1, 0.15) is 38.3 Å². The van der Waals surface area contributed by atoms with E-state index in [-0.39, 0.29) is 5.82 Å². The third-order valence-electron chi connectivity index (χ3n) is 7.45. The number of H-pyrrole nitrogens is 2. The largest absolute Gasteiger partial charge is 0.359 e. The minimum absolute atomic E-state index is 0.313. The fourth-order valence-electron chi connectivity index (χ4n) is 5.32. The molecule has 200 valence electrons. The van der Waals surface area contributed by atoms with Crippen molar-refractivity contribution in [1.82, 2.24) is 35.5 Å². The molecule has 40 heavy (non-hydrogen) atoms. The molecule has 0 amide bonds. The number of aromatic nitrogens is 6. The maximum absolute atomic E-state index is 13.9. The molecule has 1 aliphatic carbocycles. The Bertz CT molecular complexity index is 1800. The quantitative estimate of drug-likeness (QED) is 0.181. The molecule has 8 heteroatoms. The van der Waals surface area contributed by atoms with Crippen molar-refractivity contribution in [3.05, 3.63) is 103 Å². The summed E-state index contributed by atoms with van der Waals surface area (Å²) in [6, 6.07) is 10.3. The van der Waals surface area contributed by atoms with E-state index < -0.39 is 0 Å². The van der Waals surface area contributed by atoms with Crippen molar-refractivity contribution in [2.45, 2.75) is 32.6 Å². The molecular weight excluding hydrogens is 501 g/mol. The monoisotopic (exact) mass is 531 g/mol. The predicted octanol–water partition coefficient (Wildman–Crippen LogP) is 7.47. The number of allylic oxidation sites excluding steroid dienone is 5. The van der Waals surface area contributed by atoms with Crippen molar-refractivity contribution >= 4 is 27.6 Å². The topological polar surface area (TPSA) is 95.2 Å². The molecule has 1 saturated carbocycles. The van der Waals surface area contributed by atoms with Crippen LogP contribution in [0.3, 0.4) is 0 Å². The Morgan fingerprint density at radius 1 is 1.07 bits per heavy atom. The summed E-state index contributed by atoms with van der Waals surface area (Å²) in [5.74, 6) is 0.739. The van der Waals surface area contributed by atoms with E-state index in [9.17, 15) is 4.39 Å². The highest BCUT2D eigenvalue weighted by Crippen LogP contribution is 2.32. The van der Waals surface area contributed by atoms with Crippen LogP contribution in [0.5, 0.6) is 0 Å². The molecule has 5 aromatic rings. The summed E-state index contributed by atoms with van der Waals surface area (Å²) in [4.78, 5) is 17.5. The number of aromatic amines is 2. The van der Waals surface area contributed by atoms with Gasteiger partial charge in [0.05, 0.1) is 28.4 Å². The molecular formula is C32H30FN7. The molecule has 0 spiro atoms. The van der Waals surface area contributed by atoms with Crippen LogP contribution in [-0.2, 0) is 0 Å². The summed E-state index contributed by atoms with van der Waals surface area (Å²) < 4.78 is 13.9. The van der Waals surface area contributed by atoms with Crippen molar-refractivity contribution in [2.24, 2.45) is 5.92 Å². The second-order valence-corrected chi connectivity index (χ2v) is 10.0.